The first-order chi connectivity index (χ1) is 8.68. The van der Waals surface area contributed by atoms with E-state index in [1.54, 1.807) is 18.3 Å². The van der Waals surface area contributed by atoms with Gasteiger partial charge >= 0.3 is 5.97 Å². The Kier molecular flexibility index (Phi) is 4.15. The molecule has 1 atom stereocenters. The molecule has 2 heterocycles. The van der Waals surface area contributed by atoms with Crippen molar-refractivity contribution in [1.82, 2.24) is 9.88 Å². The van der Waals surface area contributed by atoms with Gasteiger partial charge in [-0.3, -0.25) is 9.69 Å². The van der Waals surface area contributed by atoms with Gasteiger partial charge in [-0.05, 0) is 37.6 Å². The number of rotatable bonds is 3. The Hall–Kier alpha value is -1.62. The Labute approximate surface area is 107 Å². The van der Waals surface area contributed by atoms with Gasteiger partial charge in [0.1, 0.15) is 11.9 Å². The molecule has 1 aromatic rings. The molecule has 1 aliphatic heterocycles. The molecule has 1 aromatic heterocycles. The molecule has 3 N–H and O–H groups in total. The van der Waals surface area contributed by atoms with Gasteiger partial charge in [-0.15, -0.1) is 0 Å². The molecule has 0 bridgehead atoms. The number of carboxylic acids is 1. The second-order valence-corrected chi connectivity index (χ2v) is 4.71. The standard InChI is InChI=1S/C13H19N3O2/c14-11-6-5-10(9-15-11)12(13(17)18)16-7-3-1-2-4-8-16/h5-6,9,12H,1-4,7-8H2,(H2,14,15)(H,17,18). The molecule has 5 nitrogen and oxygen atoms in total. The van der Waals surface area contributed by atoms with Crippen molar-refractivity contribution in [3.05, 3.63) is 23.9 Å². The van der Waals surface area contributed by atoms with Gasteiger partial charge in [-0.2, -0.15) is 0 Å². The van der Waals surface area contributed by atoms with Crippen molar-refractivity contribution in [3.63, 3.8) is 0 Å². The van der Waals surface area contributed by atoms with Gasteiger partial charge in [0.05, 0.1) is 0 Å². The van der Waals surface area contributed by atoms with Crippen molar-refractivity contribution < 1.29 is 9.90 Å². The van der Waals surface area contributed by atoms with E-state index in [0.717, 1.165) is 25.9 Å². The third kappa shape index (κ3) is 2.98. The number of hydrogen-bond donors (Lipinski definition) is 2. The normalized spacial score (nSPS) is 19.1. The van der Waals surface area contributed by atoms with E-state index in [0.29, 0.717) is 11.4 Å². The average Bonchev–Trinajstić information content (AvgIpc) is 2.60. The predicted molar refractivity (Wildman–Crippen MR) is 69.1 cm³/mol. The molecular formula is C13H19N3O2. The van der Waals surface area contributed by atoms with E-state index >= 15 is 0 Å². The van der Waals surface area contributed by atoms with E-state index < -0.39 is 12.0 Å². The summed E-state index contributed by atoms with van der Waals surface area (Å²) in [5, 5.41) is 9.44. The highest BCUT2D eigenvalue weighted by atomic mass is 16.4. The molecular weight excluding hydrogens is 230 g/mol. The lowest BCUT2D eigenvalue weighted by Crippen LogP contribution is -2.35. The summed E-state index contributed by atoms with van der Waals surface area (Å²) in [5.41, 5.74) is 6.24. The molecule has 1 aliphatic rings. The van der Waals surface area contributed by atoms with E-state index in [9.17, 15) is 9.90 Å². The maximum Gasteiger partial charge on any atom is 0.325 e. The van der Waals surface area contributed by atoms with Crippen LogP contribution in [0.15, 0.2) is 18.3 Å². The number of carboxylic acid groups (broad SMARTS) is 1. The van der Waals surface area contributed by atoms with Crippen molar-refractivity contribution in [2.24, 2.45) is 0 Å². The minimum absolute atomic E-state index is 0.416. The van der Waals surface area contributed by atoms with E-state index in [1.165, 1.54) is 12.8 Å². The highest BCUT2D eigenvalue weighted by molar-refractivity contribution is 5.75. The number of nitrogens with two attached hydrogens (primary N) is 1. The van der Waals surface area contributed by atoms with Crippen LogP contribution < -0.4 is 5.73 Å². The zero-order chi connectivity index (χ0) is 13.0. The van der Waals surface area contributed by atoms with Gasteiger partial charge in [0.15, 0.2) is 0 Å². The zero-order valence-corrected chi connectivity index (χ0v) is 10.4. The smallest absolute Gasteiger partial charge is 0.325 e. The van der Waals surface area contributed by atoms with Crippen LogP contribution in [0.4, 0.5) is 5.82 Å². The van der Waals surface area contributed by atoms with Crippen LogP contribution in [-0.2, 0) is 4.79 Å². The highest BCUT2D eigenvalue weighted by Crippen LogP contribution is 2.24. The lowest BCUT2D eigenvalue weighted by Gasteiger charge is -2.27. The number of pyridine rings is 1. The fourth-order valence-electron chi connectivity index (χ4n) is 2.44. The summed E-state index contributed by atoms with van der Waals surface area (Å²) in [5.74, 6) is -0.401. The van der Waals surface area contributed by atoms with Gasteiger partial charge in [-0.1, -0.05) is 18.9 Å². The van der Waals surface area contributed by atoms with Crippen LogP contribution in [-0.4, -0.2) is 34.0 Å². The van der Waals surface area contributed by atoms with Crippen molar-refractivity contribution in [3.8, 4) is 0 Å². The minimum atomic E-state index is -0.816. The number of hydrogen-bond acceptors (Lipinski definition) is 4. The van der Waals surface area contributed by atoms with E-state index in [-0.39, 0.29) is 0 Å². The molecule has 0 aromatic carbocycles. The van der Waals surface area contributed by atoms with E-state index in [1.807, 2.05) is 4.90 Å². The second-order valence-electron chi connectivity index (χ2n) is 4.71. The Morgan fingerprint density at radius 1 is 1.28 bits per heavy atom. The molecule has 1 unspecified atom stereocenters. The molecule has 2 rings (SSSR count). The Balaban J connectivity index is 2.21. The third-order valence-corrected chi connectivity index (χ3v) is 3.36. The summed E-state index contributed by atoms with van der Waals surface area (Å²) in [6.07, 6.45) is 6.06. The minimum Gasteiger partial charge on any atom is -0.480 e. The van der Waals surface area contributed by atoms with Gasteiger partial charge < -0.3 is 10.8 Å². The fourth-order valence-corrected chi connectivity index (χ4v) is 2.44. The topological polar surface area (TPSA) is 79.5 Å². The van der Waals surface area contributed by atoms with Crippen molar-refractivity contribution in [2.75, 3.05) is 18.8 Å². The quantitative estimate of drug-likeness (QED) is 0.851. The second kappa shape index (κ2) is 5.82. The molecule has 0 amide bonds. The SMILES string of the molecule is Nc1ccc(C(C(=O)O)N2CCCCCC2)cn1. The van der Waals surface area contributed by atoms with Crippen molar-refractivity contribution in [2.45, 2.75) is 31.7 Å². The van der Waals surface area contributed by atoms with Crippen LogP contribution >= 0.6 is 0 Å². The van der Waals surface area contributed by atoms with Gasteiger partial charge in [0, 0.05) is 6.20 Å². The maximum absolute atomic E-state index is 11.5. The molecule has 0 saturated carbocycles. The third-order valence-electron chi connectivity index (χ3n) is 3.36. The van der Waals surface area contributed by atoms with Crippen molar-refractivity contribution >= 4 is 11.8 Å². The molecule has 0 aliphatic carbocycles. The number of likely N-dealkylation sites (tertiary alicyclic amines) is 1. The summed E-state index contributed by atoms with van der Waals surface area (Å²) in [6, 6.07) is 2.81. The monoisotopic (exact) mass is 249 g/mol. The Morgan fingerprint density at radius 2 is 1.94 bits per heavy atom. The van der Waals surface area contributed by atoms with E-state index in [4.69, 9.17) is 5.73 Å². The lowest BCUT2D eigenvalue weighted by molar-refractivity contribution is -0.143. The molecule has 18 heavy (non-hydrogen) atoms. The summed E-state index contributed by atoms with van der Waals surface area (Å²) in [7, 11) is 0. The highest BCUT2D eigenvalue weighted by Gasteiger charge is 2.27. The molecule has 0 radical (unpaired) electrons. The summed E-state index contributed by atoms with van der Waals surface area (Å²) in [4.78, 5) is 17.5. The van der Waals surface area contributed by atoms with Crippen molar-refractivity contribution in [1.29, 1.82) is 0 Å². The van der Waals surface area contributed by atoms with Gasteiger partial charge in [0.25, 0.3) is 0 Å². The Morgan fingerprint density at radius 3 is 2.44 bits per heavy atom. The molecule has 0 spiro atoms. The van der Waals surface area contributed by atoms with Crippen LogP contribution in [0.2, 0.25) is 0 Å². The van der Waals surface area contributed by atoms with E-state index in [2.05, 4.69) is 4.98 Å². The molecule has 98 valence electrons. The number of aromatic nitrogens is 1. The van der Waals surface area contributed by atoms with Crippen LogP contribution in [0.3, 0.4) is 0 Å². The number of nitrogens with zero attached hydrogens (tertiary/aromatic N) is 2. The number of nitrogen functional groups attached to an aromatic ring is 1. The Bertz CT molecular complexity index is 397. The first-order valence-corrected chi connectivity index (χ1v) is 6.37. The fraction of sp³-hybridized carbons (Fsp3) is 0.538. The van der Waals surface area contributed by atoms with Gasteiger partial charge in [0.2, 0.25) is 0 Å². The zero-order valence-electron chi connectivity index (χ0n) is 10.4. The molecule has 5 heteroatoms. The van der Waals surface area contributed by atoms with Crippen LogP contribution in [0.1, 0.15) is 37.3 Å². The summed E-state index contributed by atoms with van der Waals surface area (Å²) < 4.78 is 0. The number of carbonyl (C=O) groups is 1. The first kappa shape index (κ1) is 12.8. The number of anilines is 1. The number of aliphatic carboxylic acids is 1. The molecule has 1 fully saturated rings. The average molecular weight is 249 g/mol. The van der Waals surface area contributed by atoms with Crippen LogP contribution in [0.25, 0.3) is 0 Å². The maximum atomic E-state index is 11.5. The van der Waals surface area contributed by atoms with Crippen LogP contribution in [0, 0.1) is 0 Å². The first-order valence-electron chi connectivity index (χ1n) is 6.37. The summed E-state index contributed by atoms with van der Waals surface area (Å²) in [6.45, 7) is 1.67. The largest absolute Gasteiger partial charge is 0.480 e. The van der Waals surface area contributed by atoms with Gasteiger partial charge in [-0.25, -0.2) is 4.98 Å². The summed E-state index contributed by atoms with van der Waals surface area (Å²) >= 11 is 0. The lowest BCUT2D eigenvalue weighted by atomic mass is 10.1. The predicted octanol–water partition coefficient (Wildman–Crippen LogP) is 1.67. The molecule has 1 saturated heterocycles. The van der Waals surface area contributed by atoms with Crippen LogP contribution in [0.5, 0.6) is 0 Å².